The maximum absolute atomic E-state index is 7.45. The first-order chi connectivity index (χ1) is 14.9. The monoisotopic (exact) mass is 480 g/mol. The minimum absolute atomic E-state index is 0.251. The van der Waals surface area contributed by atoms with E-state index in [2.05, 4.69) is 71.6 Å². The summed E-state index contributed by atoms with van der Waals surface area (Å²) < 4.78 is 3.28. The molecule has 0 atom stereocenters. The number of hydrogen-bond acceptors (Lipinski definition) is 3. The summed E-state index contributed by atoms with van der Waals surface area (Å²) in [6.07, 6.45) is 9.64. The zero-order chi connectivity index (χ0) is 22.4. The number of hydrogen-bond donors (Lipinski definition) is 1. The minimum atomic E-state index is -1.79. The lowest BCUT2D eigenvalue weighted by Gasteiger charge is -2.22. The molecule has 0 amide bonds. The van der Waals surface area contributed by atoms with Crippen molar-refractivity contribution in [2.24, 2.45) is 0 Å². The molecule has 0 bridgehead atoms. The number of rotatable bonds is 13. The summed E-state index contributed by atoms with van der Waals surface area (Å²) in [5, 5.41) is 7.45. The minimum Gasteiger partial charge on any atom is -0.474 e. The van der Waals surface area contributed by atoms with Gasteiger partial charge in [0.25, 0.3) is 3.79 Å². The molecule has 0 aliphatic heterocycles. The molecule has 3 nitrogen and oxygen atoms in total. The summed E-state index contributed by atoms with van der Waals surface area (Å²) in [6.45, 7) is 3.29. The van der Waals surface area contributed by atoms with Gasteiger partial charge in [-0.15, -0.1) is 0 Å². The van der Waals surface area contributed by atoms with E-state index in [4.69, 9.17) is 44.9 Å². The van der Waals surface area contributed by atoms with E-state index in [1.54, 1.807) is 0 Å². The third kappa shape index (κ3) is 11.6. The fourth-order valence-corrected chi connectivity index (χ4v) is 3.41. The molecular weight excluding hydrogens is 451 g/mol. The van der Waals surface area contributed by atoms with Crippen LogP contribution in [0.5, 0.6) is 0 Å². The third-order valence-electron chi connectivity index (χ3n) is 4.84. The van der Waals surface area contributed by atoms with Crippen LogP contribution in [0, 0.1) is 5.41 Å². The molecule has 6 heteroatoms. The Morgan fingerprint density at radius 3 is 1.90 bits per heavy atom. The van der Waals surface area contributed by atoms with Gasteiger partial charge in [-0.25, -0.2) is 0 Å². The van der Waals surface area contributed by atoms with Gasteiger partial charge in [-0.05, 0) is 36.9 Å². The fourth-order valence-electron chi connectivity index (χ4n) is 3.25. The second-order valence-electron chi connectivity index (χ2n) is 7.49. The molecule has 0 fully saturated rings. The summed E-state index contributed by atoms with van der Waals surface area (Å²) in [4.78, 5) is 2.53. The van der Waals surface area contributed by atoms with Crippen LogP contribution in [0.15, 0.2) is 72.8 Å². The van der Waals surface area contributed by atoms with E-state index in [9.17, 15) is 0 Å². The molecule has 0 aliphatic carbocycles. The first kappa shape index (κ1) is 25.7. The summed E-state index contributed by atoms with van der Waals surface area (Å²) in [6, 6.07) is 21.3. The van der Waals surface area contributed by atoms with Gasteiger partial charge in [0.2, 0.25) is 5.90 Å². The van der Waals surface area contributed by atoms with E-state index in [0.717, 1.165) is 32.5 Å². The van der Waals surface area contributed by atoms with Crippen LogP contribution in [0.1, 0.15) is 43.2 Å². The standard InChI is InChI=1S/C25H31Cl3N2O/c26-25(27,28)24(29)31-19-13-5-3-1-2-4-12-18-30(20-22-14-8-6-9-15-22)21-23-16-10-7-11-17-23/h5-11,13-17,29H,1-4,12,18-21H2/b13-5+,29-24?. The largest absolute Gasteiger partial charge is 0.474 e. The van der Waals surface area contributed by atoms with E-state index in [1.165, 1.54) is 30.4 Å². The topological polar surface area (TPSA) is 36.3 Å². The Morgan fingerprint density at radius 1 is 0.806 bits per heavy atom. The summed E-state index contributed by atoms with van der Waals surface area (Å²) in [5.74, 6) is -0.349. The van der Waals surface area contributed by atoms with Gasteiger partial charge in [0.05, 0.1) is 0 Å². The number of halogens is 3. The molecule has 0 aromatic heterocycles. The molecule has 2 aromatic carbocycles. The Balaban J connectivity index is 1.64. The van der Waals surface area contributed by atoms with Crippen molar-refractivity contribution in [3.8, 4) is 0 Å². The highest BCUT2D eigenvalue weighted by molar-refractivity contribution is 6.76. The molecule has 0 heterocycles. The van der Waals surface area contributed by atoms with Crippen molar-refractivity contribution >= 4 is 40.7 Å². The number of allylic oxidation sites excluding steroid dienone is 1. The van der Waals surface area contributed by atoms with E-state index >= 15 is 0 Å². The van der Waals surface area contributed by atoms with Crippen LogP contribution in [0.3, 0.4) is 0 Å². The van der Waals surface area contributed by atoms with Crippen LogP contribution in [-0.2, 0) is 17.8 Å². The van der Waals surface area contributed by atoms with E-state index in [-0.39, 0.29) is 12.5 Å². The van der Waals surface area contributed by atoms with E-state index in [1.807, 2.05) is 6.08 Å². The summed E-state index contributed by atoms with van der Waals surface area (Å²) in [7, 11) is 0. The molecular formula is C25H31Cl3N2O. The lowest BCUT2D eigenvalue weighted by atomic mass is 10.1. The van der Waals surface area contributed by atoms with Crippen LogP contribution in [0.25, 0.3) is 0 Å². The van der Waals surface area contributed by atoms with Crippen molar-refractivity contribution in [3.05, 3.63) is 83.9 Å². The third-order valence-corrected chi connectivity index (χ3v) is 5.36. The first-order valence-electron chi connectivity index (χ1n) is 10.7. The highest BCUT2D eigenvalue weighted by Gasteiger charge is 2.28. The highest BCUT2D eigenvalue weighted by Crippen LogP contribution is 2.27. The number of nitrogens with zero attached hydrogens (tertiary/aromatic N) is 1. The Hall–Kier alpha value is -1.52. The second kappa shape index (κ2) is 14.5. The SMILES string of the molecule is N=C(OC/C=C/CCCCCCN(Cc1ccccc1)Cc1ccccc1)C(Cl)(Cl)Cl. The van der Waals surface area contributed by atoms with Crippen LogP contribution >= 0.6 is 34.8 Å². The van der Waals surface area contributed by atoms with Crippen molar-refractivity contribution in [2.45, 2.75) is 49.0 Å². The lowest BCUT2D eigenvalue weighted by Crippen LogP contribution is -2.24. The molecule has 0 saturated carbocycles. The molecule has 0 spiro atoms. The van der Waals surface area contributed by atoms with E-state index < -0.39 is 3.79 Å². The van der Waals surface area contributed by atoms with Crippen molar-refractivity contribution < 1.29 is 4.74 Å². The zero-order valence-electron chi connectivity index (χ0n) is 17.8. The summed E-state index contributed by atoms with van der Waals surface area (Å²) >= 11 is 16.7. The average Bonchev–Trinajstić information content (AvgIpc) is 2.75. The maximum atomic E-state index is 7.45. The first-order valence-corrected chi connectivity index (χ1v) is 11.8. The molecule has 2 aromatic rings. The quantitative estimate of drug-likeness (QED) is 0.105. The smallest absolute Gasteiger partial charge is 0.265 e. The van der Waals surface area contributed by atoms with Crippen molar-refractivity contribution in [2.75, 3.05) is 13.2 Å². The predicted molar refractivity (Wildman–Crippen MR) is 133 cm³/mol. The molecule has 168 valence electrons. The van der Waals surface area contributed by atoms with Crippen molar-refractivity contribution in [1.29, 1.82) is 5.41 Å². The zero-order valence-corrected chi connectivity index (χ0v) is 20.0. The number of benzene rings is 2. The molecule has 31 heavy (non-hydrogen) atoms. The van der Waals surface area contributed by atoms with Gasteiger partial charge in [-0.3, -0.25) is 10.3 Å². The average molecular weight is 482 g/mol. The van der Waals surface area contributed by atoms with Gasteiger partial charge in [-0.1, -0.05) is 120 Å². The Labute approximate surface area is 201 Å². The van der Waals surface area contributed by atoms with Gasteiger partial charge < -0.3 is 4.74 Å². The highest BCUT2D eigenvalue weighted by atomic mass is 35.6. The number of unbranched alkanes of at least 4 members (excludes halogenated alkanes) is 4. The second-order valence-corrected chi connectivity index (χ2v) is 9.78. The lowest BCUT2D eigenvalue weighted by molar-refractivity contribution is 0.250. The molecule has 0 aliphatic rings. The maximum Gasteiger partial charge on any atom is 0.265 e. The number of ether oxygens (including phenoxy) is 1. The number of alkyl halides is 3. The van der Waals surface area contributed by atoms with Gasteiger partial charge in [0.1, 0.15) is 6.61 Å². The van der Waals surface area contributed by atoms with Crippen LogP contribution < -0.4 is 0 Å². The molecule has 0 saturated heterocycles. The normalized spacial score (nSPS) is 11.9. The Kier molecular flexibility index (Phi) is 12.1. The van der Waals surface area contributed by atoms with E-state index in [0.29, 0.717) is 0 Å². The molecule has 2 rings (SSSR count). The van der Waals surface area contributed by atoms with Crippen LogP contribution in [-0.4, -0.2) is 27.7 Å². The predicted octanol–water partition coefficient (Wildman–Crippen LogP) is 7.56. The van der Waals surface area contributed by atoms with Gasteiger partial charge in [-0.2, -0.15) is 0 Å². The number of nitrogens with one attached hydrogen (secondary N) is 1. The van der Waals surface area contributed by atoms with Crippen LogP contribution in [0.4, 0.5) is 0 Å². The van der Waals surface area contributed by atoms with Crippen molar-refractivity contribution in [1.82, 2.24) is 4.90 Å². The van der Waals surface area contributed by atoms with Crippen molar-refractivity contribution in [3.63, 3.8) is 0 Å². The Morgan fingerprint density at radius 2 is 1.35 bits per heavy atom. The molecule has 0 unspecified atom stereocenters. The van der Waals surface area contributed by atoms with Gasteiger partial charge in [0.15, 0.2) is 0 Å². The van der Waals surface area contributed by atoms with Gasteiger partial charge >= 0.3 is 0 Å². The van der Waals surface area contributed by atoms with Crippen LogP contribution in [0.2, 0.25) is 0 Å². The molecule has 1 N–H and O–H groups in total. The fraction of sp³-hybridized carbons (Fsp3) is 0.400. The Bertz CT molecular complexity index is 735. The molecule has 0 radical (unpaired) electrons. The summed E-state index contributed by atoms with van der Waals surface area (Å²) in [5.41, 5.74) is 2.71. The van der Waals surface area contributed by atoms with Gasteiger partial charge in [0, 0.05) is 13.1 Å².